The van der Waals surface area contributed by atoms with Crippen molar-refractivity contribution >= 4 is 11.6 Å². The van der Waals surface area contributed by atoms with Gasteiger partial charge in [-0.25, -0.2) is 0 Å². The molecule has 1 N–H and O–H groups in total. The molecule has 0 aromatic heterocycles. The summed E-state index contributed by atoms with van der Waals surface area (Å²) in [6.45, 7) is 2.60. The van der Waals surface area contributed by atoms with E-state index in [1.54, 1.807) is 0 Å². The van der Waals surface area contributed by atoms with Gasteiger partial charge in [-0.15, -0.1) is 0 Å². The third-order valence-corrected chi connectivity index (χ3v) is 3.39. The predicted octanol–water partition coefficient (Wildman–Crippen LogP) is 3.07. The van der Waals surface area contributed by atoms with Gasteiger partial charge in [0.05, 0.1) is 24.2 Å². The van der Waals surface area contributed by atoms with Gasteiger partial charge in [0.1, 0.15) is 0 Å². The van der Waals surface area contributed by atoms with Crippen LogP contribution in [0.5, 0.6) is 0 Å². The molecule has 0 atom stereocenters. The third kappa shape index (κ3) is 2.73. The fraction of sp³-hybridized carbons (Fsp3) is 0.462. The number of carbonyl (C=O) groups is 1. The Labute approximate surface area is 108 Å². The van der Waals surface area contributed by atoms with E-state index in [9.17, 15) is 18.0 Å². The van der Waals surface area contributed by atoms with Crippen molar-refractivity contribution in [2.24, 2.45) is 5.41 Å². The quantitative estimate of drug-likeness (QED) is 0.919. The van der Waals surface area contributed by atoms with Crippen molar-refractivity contribution in [2.45, 2.75) is 19.5 Å². The number of hydrogen-bond donors (Lipinski definition) is 1. The van der Waals surface area contributed by atoms with Crippen molar-refractivity contribution in [2.75, 3.05) is 18.5 Å². The number of halogens is 3. The van der Waals surface area contributed by atoms with Crippen LogP contribution in [0.4, 0.5) is 18.9 Å². The molecule has 1 aliphatic rings. The van der Waals surface area contributed by atoms with Crippen LogP contribution in [0.3, 0.4) is 0 Å². The molecule has 0 saturated carbocycles. The van der Waals surface area contributed by atoms with E-state index in [4.69, 9.17) is 4.74 Å². The number of alkyl halides is 3. The van der Waals surface area contributed by atoms with Gasteiger partial charge in [-0.2, -0.15) is 13.2 Å². The van der Waals surface area contributed by atoms with Crippen molar-refractivity contribution in [3.8, 4) is 0 Å². The molecule has 1 aliphatic heterocycles. The van der Waals surface area contributed by atoms with E-state index in [0.717, 1.165) is 12.1 Å². The summed E-state index contributed by atoms with van der Waals surface area (Å²) in [5.41, 5.74) is -0.914. The Kier molecular flexibility index (Phi) is 3.54. The van der Waals surface area contributed by atoms with Crippen LogP contribution >= 0.6 is 0 Å². The summed E-state index contributed by atoms with van der Waals surface area (Å²) < 4.78 is 42.2. The minimum absolute atomic E-state index is 0.207. The summed E-state index contributed by atoms with van der Waals surface area (Å²) in [6, 6.07) is 4.41. The van der Waals surface area contributed by atoms with Crippen LogP contribution < -0.4 is 5.32 Å². The average Bonchev–Trinajstić information content (AvgIpc) is 2.27. The number of benzene rings is 1. The highest BCUT2D eigenvalue weighted by Crippen LogP contribution is 2.33. The third-order valence-electron chi connectivity index (χ3n) is 3.39. The second kappa shape index (κ2) is 4.85. The van der Waals surface area contributed by atoms with Gasteiger partial charge in [0.25, 0.3) is 0 Å². The van der Waals surface area contributed by atoms with Crippen LogP contribution in [0.15, 0.2) is 24.3 Å². The van der Waals surface area contributed by atoms with Crippen molar-refractivity contribution in [1.82, 2.24) is 0 Å². The molecule has 3 nitrogen and oxygen atoms in total. The van der Waals surface area contributed by atoms with Crippen molar-refractivity contribution in [3.63, 3.8) is 0 Å². The van der Waals surface area contributed by atoms with Crippen LogP contribution in [-0.4, -0.2) is 19.1 Å². The number of carbonyl (C=O) groups excluding carboxylic acids is 1. The lowest BCUT2D eigenvalue weighted by Gasteiger charge is -2.38. The maximum atomic E-state index is 12.4. The molecule has 0 aliphatic carbocycles. The lowest BCUT2D eigenvalue weighted by atomic mass is 9.82. The zero-order valence-electron chi connectivity index (χ0n) is 10.4. The van der Waals surface area contributed by atoms with Crippen LogP contribution in [0.25, 0.3) is 0 Å². The SMILES string of the molecule is CCC1(C(=O)Nc2ccc(C(F)(F)F)cc2)COC1. The van der Waals surface area contributed by atoms with E-state index in [0.29, 0.717) is 25.3 Å². The summed E-state index contributed by atoms with van der Waals surface area (Å²) >= 11 is 0. The lowest BCUT2D eigenvalue weighted by molar-refractivity contribution is -0.156. The van der Waals surface area contributed by atoms with Crippen LogP contribution in [0.2, 0.25) is 0 Å². The Morgan fingerprint density at radius 3 is 2.26 bits per heavy atom. The molecule has 1 aromatic carbocycles. The molecule has 19 heavy (non-hydrogen) atoms. The molecular weight excluding hydrogens is 259 g/mol. The van der Waals surface area contributed by atoms with Gasteiger partial charge in [0.2, 0.25) is 5.91 Å². The molecule has 0 spiro atoms. The lowest BCUT2D eigenvalue weighted by Crippen LogP contribution is -2.51. The van der Waals surface area contributed by atoms with Crippen molar-refractivity contribution < 1.29 is 22.7 Å². The first-order valence-corrected chi connectivity index (χ1v) is 5.94. The fourth-order valence-corrected chi connectivity index (χ4v) is 1.85. The normalized spacial score (nSPS) is 17.7. The molecule has 104 valence electrons. The largest absolute Gasteiger partial charge is 0.416 e. The standard InChI is InChI=1S/C13H14F3NO2/c1-2-12(7-19-8-12)11(18)17-10-5-3-9(4-6-10)13(14,15)16/h3-6H,2,7-8H2,1H3,(H,17,18). The molecule has 1 heterocycles. The summed E-state index contributed by atoms with van der Waals surface area (Å²) in [5, 5.41) is 2.63. The molecule has 0 bridgehead atoms. The van der Waals surface area contributed by atoms with Crippen molar-refractivity contribution in [3.05, 3.63) is 29.8 Å². The van der Waals surface area contributed by atoms with Gasteiger partial charge in [-0.05, 0) is 30.7 Å². The van der Waals surface area contributed by atoms with E-state index in [-0.39, 0.29) is 5.91 Å². The smallest absolute Gasteiger partial charge is 0.379 e. The van der Waals surface area contributed by atoms with E-state index in [2.05, 4.69) is 5.32 Å². The first-order chi connectivity index (χ1) is 8.87. The number of amides is 1. The first kappa shape index (κ1) is 13.9. The molecule has 1 fully saturated rings. The topological polar surface area (TPSA) is 38.3 Å². The van der Waals surface area contributed by atoms with Gasteiger partial charge in [0, 0.05) is 5.69 Å². The minimum Gasteiger partial charge on any atom is -0.379 e. The second-order valence-corrected chi connectivity index (χ2v) is 4.66. The van der Waals surface area contributed by atoms with Gasteiger partial charge in [0.15, 0.2) is 0 Å². The van der Waals surface area contributed by atoms with Gasteiger partial charge >= 0.3 is 6.18 Å². The zero-order valence-corrected chi connectivity index (χ0v) is 10.4. The first-order valence-electron chi connectivity index (χ1n) is 5.94. The summed E-state index contributed by atoms with van der Waals surface area (Å²) in [7, 11) is 0. The van der Waals surface area contributed by atoms with E-state index >= 15 is 0 Å². The summed E-state index contributed by atoms with van der Waals surface area (Å²) in [5.74, 6) is -0.207. The Morgan fingerprint density at radius 1 is 1.32 bits per heavy atom. The molecule has 6 heteroatoms. The highest BCUT2D eigenvalue weighted by Gasteiger charge is 2.44. The van der Waals surface area contributed by atoms with E-state index in [1.165, 1.54) is 12.1 Å². The fourth-order valence-electron chi connectivity index (χ4n) is 1.85. The molecule has 1 aromatic rings. The number of nitrogens with one attached hydrogen (secondary N) is 1. The monoisotopic (exact) mass is 273 g/mol. The van der Waals surface area contributed by atoms with Crippen LogP contribution in [-0.2, 0) is 15.7 Å². The summed E-state index contributed by atoms with van der Waals surface area (Å²) in [6.07, 6.45) is -3.73. The highest BCUT2D eigenvalue weighted by molar-refractivity contribution is 5.96. The zero-order chi connectivity index (χ0) is 14.1. The molecule has 1 amide bonds. The van der Waals surface area contributed by atoms with Gasteiger partial charge in [-0.3, -0.25) is 4.79 Å². The Morgan fingerprint density at radius 2 is 1.89 bits per heavy atom. The van der Waals surface area contributed by atoms with Crippen molar-refractivity contribution in [1.29, 1.82) is 0 Å². The van der Waals surface area contributed by atoms with E-state index < -0.39 is 17.2 Å². The van der Waals surface area contributed by atoms with E-state index in [1.807, 2.05) is 6.92 Å². The number of rotatable bonds is 3. The number of anilines is 1. The van der Waals surface area contributed by atoms with Crippen LogP contribution in [0, 0.1) is 5.41 Å². The predicted molar refractivity (Wildman–Crippen MR) is 63.6 cm³/mol. The molecule has 0 unspecified atom stereocenters. The Balaban J connectivity index is 2.06. The molecule has 1 saturated heterocycles. The number of hydrogen-bond acceptors (Lipinski definition) is 2. The highest BCUT2D eigenvalue weighted by atomic mass is 19.4. The maximum absolute atomic E-state index is 12.4. The molecule has 0 radical (unpaired) electrons. The number of ether oxygens (including phenoxy) is 1. The average molecular weight is 273 g/mol. The molecule has 2 rings (SSSR count). The maximum Gasteiger partial charge on any atom is 0.416 e. The second-order valence-electron chi connectivity index (χ2n) is 4.66. The molecular formula is C13H14F3NO2. The summed E-state index contributed by atoms with van der Waals surface area (Å²) in [4.78, 5) is 12.0. The van der Waals surface area contributed by atoms with Gasteiger partial charge < -0.3 is 10.1 Å². The van der Waals surface area contributed by atoms with Crippen LogP contribution in [0.1, 0.15) is 18.9 Å². The minimum atomic E-state index is -4.37. The Hall–Kier alpha value is -1.56. The van der Waals surface area contributed by atoms with Gasteiger partial charge in [-0.1, -0.05) is 6.92 Å². The Bertz CT molecular complexity index is 458.